The van der Waals surface area contributed by atoms with E-state index < -0.39 is 5.97 Å². The van der Waals surface area contributed by atoms with Gasteiger partial charge in [-0.25, -0.2) is 0 Å². The molecule has 0 saturated carbocycles. The van der Waals surface area contributed by atoms with Crippen molar-refractivity contribution in [1.29, 1.82) is 0 Å². The number of ether oxygens (including phenoxy) is 1. The Morgan fingerprint density at radius 1 is 1.40 bits per heavy atom. The lowest BCUT2D eigenvalue weighted by Gasteiger charge is -2.23. The lowest BCUT2D eigenvalue weighted by Crippen LogP contribution is -2.37. The fourth-order valence-corrected chi connectivity index (χ4v) is 2.94. The van der Waals surface area contributed by atoms with Crippen molar-refractivity contribution in [2.24, 2.45) is 0 Å². The maximum Gasteiger partial charge on any atom is 0.305 e. The van der Waals surface area contributed by atoms with Gasteiger partial charge in [0.2, 0.25) is 11.8 Å². The van der Waals surface area contributed by atoms with E-state index in [1.54, 1.807) is 12.0 Å². The van der Waals surface area contributed by atoms with Crippen molar-refractivity contribution in [3.8, 4) is 0 Å². The summed E-state index contributed by atoms with van der Waals surface area (Å²) in [6.07, 6.45) is 1.84. The average Bonchev–Trinajstić information content (AvgIpc) is 3.13. The van der Waals surface area contributed by atoms with Crippen LogP contribution in [-0.2, 0) is 26.2 Å². The predicted octanol–water partition coefficient (Wildman–Crippen LogP) is 1.78. The molecule has 0 aliphatic carbocycles. The number of carboxylic acid groups (broad SMARTS) is 1. The van der Waals surface area contributed by atoms with Gasteiger partial charge in [-0.1, -0.05) is 25.9 Å². The first kappa shape index (κ1) is 19.4. The number of likely N-dealkylation sites (tertiary alicyclic amines) is 1. The molecule has 8 heteroatoms. The van der Waals surface area contributed by atoms with Crippen LogP contribution in [0, 0.1) is 0 Å². The minimum atomic E-state index is -0.903. The molecule has 2 heterocycles. The van der Waals surface area contributed by atoms with Crippen LogP contribution in [0.2, 0.25) is 0 Å². The zero-order chi connectivity index (χ0) is 18.6. The molecule has 1 aliphatic heterocycles. The quantitative estimate of drug-likeness (QED) is 0.796. The van der Waals surface area contributed by atoms with E-state index in [1.165, 1.54) is 0 Å². The van der Waals surface area contributed by atoms with E-state index in [0.717, 1.165) is 0 Å². The average molecular weight is 353 g/mol. The zero-order valence-corrected chi connectivity index (χ0v) is 15.3. The highest BCUT2D eigenvalue weighted by atomic mass is 16.5. The molecule has 1 amide bonds. The third-order valence-electron chi connectivity index (χ3n) is 4.36. The zero-order valence-electron chi connectivity index (χ0n) is 15.3. The number of methoxy groups -OCH3 is 1. The summed E-state index contributed by atoms with van der Waals surface area (Å²) in [5, 5.41) is 13.0. The number of rotatable bonds is 7. The maximum atomic E-state index is 12.5. The third kappa shape index (κ3) is 5.26. The lowest BCUT2D eigenvalue weighted by molar-refractivity contribution is -0.139. The molecule has 2 rings (SSSR count). The summed E-state index contributed by atoms with van der Waals surface area (Å²) in [7, 11) is 1.58. The maximum absolute atomic E-state index is 12.5. The molecular weight excluding hydrogens is 326 g/mol. The van der Waals surface area contributed by atoms with Crippen LogP contribution in [0.1, 0.15) is 58.2 Å². The molecule has 8 nitrogen and oxygen atoms in total. The van der Waals surface area contributed by atoms with Crippen molar-refractivity contribution in [2.75, 3.05) is 13.7 Å². The highest BCUT2D eigenvalue weighted by Gasteiger charge is 2.36. The van der Waals surface area contributed by atoms with Crippen LogP contribution in [0.4, 0.5) is 0 Å². The molecule has 0 aromatic carbocycles. The van der Waals surface area contributed by atoms with Gasteiger partial charge in [-0.2, -0.15) is 4.98 Å². The second kappa shape index (κ2) is 7.95. The number of carbonyl (C=O) groups excluding carboxylic acids is 1. The standard InChI is InChI=1S/C17H27N3O5/c1-17(2,3)16-18-13(25-19-16)6-5-7-14(21)20-10-12(24-4)8-11(20)9-15(22)23/h11-12H,5-10H2,1-4H3,(H,22,23). The number of carboxylic acids is 1. The Morgan fingerprint density at radius 3 is 2.68 bits per heavy atom. The SMILES string of the molecule is COC1CC(CC(=O)O)N(C(=O)CCCc2nc(C(C)(C)C)no2)C1. The van der Waals surface area contributed by atoms with Crippen molar-refractivity contribution >= 4 is 11.9 Å². The number of hydrogen-bond acceptors (Lipinski definition) is 6. The molecular formula is C17H27N3O5. The third-order valence-corrected chi connectivity index (χ3v) is 4.36. The van der Waals surface area contributed by atoms with Crippen LogP contribution >= 0.6 is 0 Å². The highest BCUT2D eigenvalue weighted by molar-refractivity contribution is 5.78. The summed E-state index contributed by atoms with van der Waals surface area (Å²) in [5.41, 5.74) is -0.174. The van der Waals surface area contributed by atoms with Crippen molar-refractivity contribution < 1.29 is 24.0 Å². The summed E-state index contributed by atoms with van der Waals surface area (Å²) in [5.74, 6) is 0.218. The fraction of sp³-hybridized carbons (Fsp3) is 0.765. The van der Waals surface area contributed by atoms with Gasteiger partial charge in [-0.3, -0.25) is 9.59 Å². The number of aryl methyl sites for hydroxylation is 1. The monoisotopic (exact) mass is 353 g/mol. The molecule has 0 bridgehead atoms. The van der Waals surface area contributed by atoms with Crippen LogP contribution in [0.3, 0.4) is 0 Å². The van der Waals surface area contributed by atoms with Gasteiger partial charge in [0, 0.05) is 38.0 Å². The Balaban J connectivity index is 1.86. The van der Waals surface area contributed by atoms with Crippen LogP contribution in [0.15, 0.2) is 4.52 Å². The molecule has 140 valence electrons. The molecule has 1 fully saturated rings. The molecule has 0 radical (unpaired) electrons. The summed E-state index contributed by atoms with van der Waals surface area (Å²) in [4.78, 5) is 29.4. The van der Waals surface area contributed by atoms with Gasteiger partial charge >= 0.3 is 5.97 Å². The lowest BCUT2D eigenvalue weighted by atomic mass is 9.96. The normalized spacial score (nSPS) is 20.9. The number of nitrogens with zero attached hydrogens (tertiary/aromatic N) is 3. The predicted molar refractivity (Wildman–Crippen MR) is 89.1 cm³/mol. The largest absolute Gasteiger partial charge is 0.481 e. The number of hydrogen-bond donors (Lipinski definition) is 1. The van der Waals surface area contributed by atoms with Crippen molar-refractivity contribution in [2.45, 2.75) is 70.4 Å². The van der Waals surface area contributed by atoms with Crippen molar-refractivity contribution in [3.05, 3.63) is 11.7 Å². The van der Waals surface area contributed by atoms with Crippen LogP contribution < -0.4 is 0 Å². The smallest absolute Gasteiger partial charge is 0.305 e. The van der Waals surface area contributed by atoms with E-state index in [1.807, 2.05) is 20.8 Å². The molecule has 1 N–H and O–H groups in total. The molecule has 2 unspecified atom stereocenters. The fourth-order valence-electron chi connectivity index (χ4n) is 2.94. The van der Waals surface area contributed by atoms with Gasteiger partial charge in [-0.05, 0) is 12.8 Å². The van der Waals surface area contributed by atoms with E-state index in [4.69, 9.17) is 14.4 Å². The van der Waals surface area contributed by atoms with Gasteiger partial charge in [-0.15, -0.1) is 0 Å². The van der Waals surface area contributed by atoms with E-state index in [-0.39, 0.29) is 29.9 Å². The molecule has 2 atom stereocenters. The first-order valence-electron chi connectivity index (χ1n) is 8.58. The molecule has 1 aromatic rings. The highest BCUT2D eigenvalue weighted by Crippen LogP contribution is 2.24. The first-order valence-corrected chi connectivity index (χ1v) is 8.58. The summed E-state index contributed by atoms with van der Waals surface area (Å²) < 4.78 is 10.5. The van der Waals surface area contributed by atoms with Crippen molar-refractivity contribution in [1.82, 2.24) is 15.0 Å². The minimum Gasteiger partial charge on any atom is -0.481 e. The van der Waals surface area contributed by atoms with Gasteiger partial charge in [0.15, 0.2) is 5.82 Å². The minimum absolute atomic E-state index is 0.0514. The summed E-state index contributed by atoms with van der Waals surface area (Å²) in [6.45, 7) is 6.47. The van der Waals surface area contributed by atoms with Crippen molar-refractivity contribution in [3.63, 3.8) is 0 Å². The Morgan fingerprint density at radius 2 is 2.12 bits per heavy atom. The Labute approximate surface area is 147 Å². The van der Waals surface area contributed by atoms with E-state index in [2.05, 4.69) is 10.1 Å². The van der Waals surface area contributed by atoms with Gasteiger partial charge in [0.1, 0.15) is 0 Å². The van der Waals surface area contributed by atoms with Gasteiger partial charge in [0.05, 0.1) is 12.5 Å². The number of aromatic nitrogens is 2. The second-order valence-electron chi connectivity index (χ2n) is 7.51. The van der Waals surface area contributed by atoms with Gasteiger partial charge in [0.25, 0.3) is 0 Å². The van der Waals surface area contributed by atoms with Crippen LogP contribution in [0.25, 0.3) is 0 Å². The number of aliphatic carboxylic acids is 1. The Kier molecular flexibility index (Phi) is 6.16. The first-order chi connectivity index (χ1) is 11.7. The number of carbonyl (C=O) groups is 2. The molecule has 25 heavy (non-hydrogen) atoms. The van der Waals surface area contributed by atoms with E-state index >= 15 is 0 Å². The molecule has 1 aromatic heterocycles. The Bertz CT molecular complexity index is 608. The van der Waals surface area contributed by atoms with Crippen LogP contribution in [0.5, 0.6) is 0 Å². The Hall–Kier alpha value is -1.96. The van der Waals surface area contributed by atoms with Gasteiger partial charge < -0.3 is 19.3 Å². The number of amides is 1. The second-order valence-corrected chi connectivity index (χ2v) is 7.51. The molecule has 1 aliphatic rings. The van der Waals surface area contributed by atoms with E-state index in [0.29, 0.717) is 43.9 Å². The molecule has 0 spiro atoms. The summed E-state index contributed by atoms with van der Waals surface area (Å²) >= 11 is 0. The van der Waals surface area contributed by atoms with E-state index in [9.17, 15) is 9.59 Å². The molecule has 1 saturated heterocycles. The topological polar surface area (TPSA) is 106 Å². The summed E-state index contributed by atoms with van der Waals surface area (Å²) in [6, 6.07) is -0.300. The van der Waals surface area contributed by atoms with Crippen LogP contribution in [-0.4, -0.2) is 57.8 Å².